The van der Waals surface area contributed by atoms with Crippen LogP contribution in [0.4, 0.5) is 13.2 Å². The number of aromatic hydroxyl groups is 1. The molecule has 3 aromatic heterocycles. The highest BCUT2D eigenvalue weighted by Gasteiger charge is 2.36. The molecule has 1 N–H and O–H groups in total. The molecule has 0 aliphatic rings. The number of phenolic OH excluding ortho intramolecular Hbond substituents is 1. The minimum absolute atomic E-state index is 0.0190. The lowest BCUT2D eigenvalue weighted by Gasteiger charge is -2.23. The van der Waals surface area contributed by atoms with Gasteiger partial charge in [0.2, 0.25) is 0 Å². The van der Waals surface area contributed by atoms with E-state index in [0.717, 1.165) is 41.8 Å². The third-order valence-electron chi connectivity index (χ3n) is 11.0. The van der Waals surface area contributed by atoms with Gasteiger partial charge in [-0.15, -0.1) is 0 Å². The molecule has 10 heteroatoms. The van der Waals surface area contributed by atoms with Crippen molar-refractivity contribution in [2.24, 2.45) is 0 Å². The van der Waals surface area contributed by atoms with E-state index in [1.54, 1.807) is 43.3 Å². The molecular weight excluding hydrogens is 738 g/mol. The number of hydrogen-bond acceptors (Lipinski definition) is 6. The van der Waals surface area contributed by atoms with E-state index in [1.165, 1.54) is 42.7 Å². The molecule has 0 spiro atoms. The number of fused-ring (bicyclic) bond motifs is 6. The second-order valence-electron chi connectivity index (χ2n) is 15.2. The molecule has 0 aliphatic carbocycles. The van der Waals surface area contributed by atoms with Crippen molar-refractivity contribution >= 4 is 54.5 Å². The number of unbranched alkanes of at least 4 members (excludes halogenated alkanes) is 7. The lowest BCUT2D eigenvalue weighted by Crippen LogP contribution is -2.29. The van der Waals surface area contributed by atoms with Gasteiger partial charge in [0.1, 0.15) is 22.8 Å². The number of halogens is 3. The fourth-order valence-corrected chi connectivity index (χ4v) is 8.06. The Morgan fingerprint density at radius 1 is 0.690 bits per heavy atom. The van der Waals surface area contributed by atoms with Crippen molar-refractivity contribution in [3.8, 4) is 22.9 Å². The average molecular weight is 783 g/mol. The van der Waals surface area contributed by atoms with Gasteiger partial charge in [0.05, 0.1) is 45.2 Å². The van der Waals surface area contributed by atoms with Crippen molar-refractivity contribution in [2.75, 3.05) is 6.61 Å². The number of alkyl halides is 3. The first-order valence-corrected chi connectivity index (χ1v) is 20.2. The summed E-state index contributed by atoms with van der Waals surface area (Å²) in [7, 11) is 0. The predicted octanol–water partition coefficient (Wildman–Crippen LogP) is 12.5. The molecule has 7 nitrogen and oxygen atoms in total. The van der Waals surface area contributed by atoms with Gasteiger partial charge in [-0.1, -0.05) is 106 Å². The molecule has 1 unspecified atom stereocenters. The Balaban J connectivity index is 1.26. The van der Waals surface area contributed by atoms with Crippen LogP contribution in [-0.2, 0) is 12.6 Å². The first kappa shape index (κ1) is 38.8. The third-order valence-corrected chi connectivity index (χ3v) is 11.0. The van der Waals surface area contributed by atoms with Gasteiger partial charge >= 0.3 is 6.18 Å². The molecule has 58 heavy (non-hydrogen) atoms. The van der Waals surface area contributed by atoms with Crippen LogP contribution in [0.2, 0.25) is 0 Å². The summed E-state index contributed by atoms with van der Waals surface area (Å²) in [4.78, 5) is 29.4. The van der Waals surface area contributed by atoms with E-state index in [-0.39, 0.29) is 40.0 Å². The number of hydrogen-bond donors (Lipinski definition) is 1. The quantitative estimate of drug-likeness (QED) is 0.0671. The summed E-state index contributed by atoms with van der Waals surface area (Å²) < 4.78 is 52.8. The minimum Gasteiger partial charge on any atom is -0.507 e. The lowest BCUT2D eigenvalue weighted by molar-refractivity contribution is -0.136. The molecule has 3 heterocycles. The number of phenols is 1. The summed E-state index contributed by atoms with van der Waals surface area (Å²) in [6, 6.07) is 29.3. The highest BCUT2D eigenvalue weighted by Crippen LogP contribution is 2.40. The second-order valence-corrected chi connectivity index (χ2v) is 15.2. The number of benzene rings is 5. The molecule has 0 saturated carbocycles. The third kappa shape index (κ3) is 7.80. The first-order valence-electron chi connectivity index (χ1n) is 20.2. The van der Waals surface area contributed by atoms with E-state index in [4.69, 9.17) is 19.7 Å². The Kier molecular flexibility index (Phi) is 11.0. The highest BCUT2D eigenvalue weighted by molar-refractivity contribution is 6.08. The van der Waals surface area contributed by atoms with Gasteiger partial charge in [-0.05, 0) is 67.8 Å². The van der Waals surface area contributed by atoms with Gasteiger partial charge in [0.25, 0.3) is 5.56 Å². The van der Waals surface area contributed by atoms with E-state index in [1.807, 2.05) is 54.6 Å². The Morgan fingerprint density at radius 3 is 2.05 bits per heavy atom. The van der Waals surface area contributed by atoms with Crippen LogP contribution in [0.3, 0.4) is 0 Å². The zero-order chi connectivity index (χ0) is 40.4. The fourth-order valence-electron chi connectivity index (χ4n) is 8.06. The molecule has 0 fully saturated rings. The molecule has 8 rings (SSSR count). The molecule has 0 bridgehead atoms. The van der Waals surface area contributed by atoms with Crippen LogP contribution in [-0.4, -0.2) is 31.2 Å². The SMILES string of the molecule is CCCCCCCCCCOc1ccccc1CC(C)n1c(-c2cc3cc4ccccc4nc3cc2O)nc2c(c(C(F)(F)F)cc3cc4ccccc4nc32)c1=O. The van der Waals surface area contributed by atoms with Crippen LogP contribution >= 0.6 is 0 Å². The van der Waals surface area contributed by atoms with Gasteiger partial charge in [0.15, 0.2) is 0 Å². The summed E-state index contributed by atoms with van der Waals surface area (Å²) >= 11 is 0. The smallest absolute Gasteiger partial charge is 0.417 e. The molecule has 0 radical (unpaired) electrons. The first-order chi connectivity index (χ1) is 28.1. The lowest BCUT2D eigenvalue weighted by atomic mass is 10.0. The van der Waals surface area contributed by atoms with Crippen LogP contribution in [0.15, 0.2) is 108 Å². The number of pyridine rings is 2. The zero-order valence-electron chi connectivity index (χ0n) is 32.6. The Hall–Kier alpha value is -6.03. The summed E-state index contributed by atoms with van der Waals surface area (Å²) in [6.07, 6.45) is 4.71. The van der Waals surface area contributed by atoms with Crippen LogP contribution in [0.1, 0.15) is 82.4 Å². The topological polar surface area (TPSA) is 90.1 Å². The molecule has 0 aliphatic heterocycles. The number of rotatable bonds is 14. The molecule has 0 saturated heterocycles. The van der Waals surface area contributed by atoms with Crippen molar-refractivity contribution in [2.45, 2.75) is 83.9 Å². The standard InChI is InChI=1S/C48H45F3N4O3/c1-3-4-5-6-7-8-9-16-23-58-42-22-15-12-19-33(42)24-30(2)55-46(36-27-34-25-31-17-10-13-20-38(31)52-40(34)29-41(36)56)54-45-43(47(55)57)37(48(49,50)51)28-35-26-32-18-11-14-21-39(32)53-44(35)45/h10-15,17-22,25-30,56H,3-9,16,23-24H2,1-2H3. The van der Waals surface area contributed by atoms with Gasteiger partial charge in [-0.25, -0.2) is 15.0 Å². The normalized spacial score (nSPS) is 12.6. The van der Waals surface area contributed by atoms with Gasteiger partial charge in [-0.3, -0.25) is 9.36 Å². The molecule has 0 amide bonds. The second kappa shape index (κ2) is 16.4. The average Bonchev–Trinajstić information content (AvgIpc) is 3.21. The van der Waals surface area contributed by atoms with Crippen molar-refractivity contribution in [1.82, 2.24) is 19.5 Å². The van der Waals surface area contributed by atoms with Crippen LogP contribution in [0, 0.1) is 0 Å². The van der Waals surface area contributed by atoms with Crippen LogP contribution in [0.25, 0.3) is 65.9 Å². The molecule has 8 aromatic rings. The molecule has 1 atom stereocenters. The van der Waals surface area contributed by atoms with E-state index in [9.17, 15) is 9.90 Å². The number of para-hydroxylation sites is 3. The fraction of sp³-hybridized carbons (Fsp3) is 0.292. The van der Waals surface area contributed by atoms with Crippen molar-refractivity contribution in [3.05, 3.63) is 125 Å². The van der Waals surface area contributed by atoms with Gasteiger partial charge < -0.3 is 9.84 Å². The largest absolute Gasteiger partial charge is 0.507 e. The molecule has 296 valence electrons. The minimum atomic E-state index is -4.88. The molecular formula is C48H45F3N4O3. The van der Waals surface area contributed by atoms with Gasteiger partial charge in [0, 0.05) is 33.7 Å². The van der Waals surface area contributed by atoms with Crippen molar-refractivity contribution in [1.29, 1.82) is 0 Å². The van der Waals surface area contributed by atoms with E-state index < -0.39 is 28.7 Å². The van der Waals surface area contributed by atoms with Crippen LogP contribution < -0.4 is 10.3 Å². The van der Waals surface area contributed by atoms with Gasteiger partial charge in [-0.2, -0.15) is 13.2 Å². The summed E-state index contributed by atoms with van der Waals surface area (Å²) in [5.74, 6) is 0.460. The predicted molar refractivity (Wildman–Crippen MR) is 227 cm³/mol. The summed E-state index contributed by atoms with van der Waals surface area (Å²) in [5, 5.41) is 13.5. The molecule has 5 aromatic carbocycles. The maximum Gasteiger partial charge on any atom is 0.417 e. The zero-order valence-corrected chi connectivity index (χ0v) is 32.6. The number of nitrogens with zero attached hydrogens (tertiary/aromatic N) is 4. The van der Waals surface area contributed by atoms with Crippen molar-refractivity contribution in [3.63, 3.8) is 0 Å². The number of ether oxygens (including phenoxy) is 1. The van der Waals surface area contributed by atoms with E-state index in [2.05, 4.69) is 6.92 Å². The maximum absolute atomic E-state index is 15.1. The number of aromatic nitrogens is 4. The monoisotopic (exact) mass is 782 g/mol. The maximum atomic E-state index is 15.1. The Morgan fingerprint density at radius 2 is 1.33 bits per heavy atom. The summed E-state index contributed by atoms with van der Waals surface area (Å²) in [5.41, 5.74) is 0.778. The van der Waals surface area contributed by atoms with E-state index in [0.29, 0.717) is 34.2 Å². The highest BCUT2D eigenvalue weighted by atomic mass is 19.4. The Bertz CT molecular complexity index is 2850. The van der Waals surface area contributed by atoms with Crippen LogP contribution in [0.5, 0.6) is 11.5 Å². The Labute approximate surface area is 334 Å². The van der Waals surface area contributed by atoms with Crippen molar-refractivity contribution < 1.29 is 23.0 Å². The van der Waals surface area contributed by atoms with E-state index >= 15 is 13.2 Å². The summed E-state index contributed by atoms with van der Waals surface area (Å²) in [6.45, 7) is 4.52.